The fraction of sp³-hybridized carbons (Fsp3) is 0.500. The Morgan fingerprint density at radius 3 is 2.66 bits per heavy atom. The standard InChI is InChI=1S/C16H15F3N8.C8H14FNO/c1-7-22-10-4-3-9(23-15(10)26(7)6-11(18)19)12-8(17)5-27-13(12)14(21-2)24-16(20)25-27;9-7-2-1-3-10(4-7)8-5-11-6-8/h3-5,11H,6H2,1-2H3,(H3,20,21,24,25);7-8H,1-6H2/t;7-/m.1/s1. The van der Waals surface area contributed by atoms with E-state index in [1.54, 1.807) is 26.1 Å². The van der Waals surface area contributed by atoms with Gasteiger partial charge in [0.05, 0.1) is 43.3 Å². The lowest BCUT2D eigenvalue weighted by Crippen LogP contribution is -2.52. The average Bonchev–Trinajstić information content (AvgIpc) is 3.32. The van der Waals surface area contributed by atoms with Gasteiger partial charge in [-0.1, -0.05) is 0 Å². The Morgan fingerprint density at radius 1 is 1.21 bits per heavy atom. The Hall–Kier alpha value is -3.52. The minimum Gasteiger partial charge on any atom is -0.378 e. The summed E-state index contributed by atoms with van der Waals surface area (Å²) in [4.78, 5) is 14.9. The molecule has 38 heavy (non-hydrogen) atoms. The van der Waals surface area contributed by atoms with E-state index in [-0.39, 0.29) is 22.9 Å². The quantitative estimate of drug-likeness (QED) is 0.375. The third-order valence-electron chi connectivity index (χ3n) is 6.73. The molecule has 1 atom stereocenters. The van der Waals surface area contributed by atoms with Gasteiger partial charge in [-0.15, -0.1) is 5.10 Å². The van der Waals surface area contributed by atoms with E-state index in [1.165, 1.54) is 9.08 Å². The normalized spacial score (nSPS) is 18.6. The number of nitrogen functional groups attached to an aromatic ring is 1. The molecule has 2 saturated heterocycles. The van der Waals surface area contributed by atoms with Crippen molar-refractivity contribution in [2.24, 2.45) is 0 Å². The van der Waals surface area contributed by atoms with Gasteiger partial charge in [0.1, 0.15) is 23.0 Å². The highest BCUT2D eigenvalue weighted by Gasteiger charge is 2.30. The molecule has 0 bridgehead atoms. The van der Waals surface area contributed by atoms with Crippen LogP contribution in [-0.4, -0.2) is 86.0 Å². The summed E-state index contributed by atoms with van der Waals surface area (Å²) in [6.07, 6.45) is -0.228. The van der Waals surface area contributed by atoms with E-state index in [2.05, 4.69) is 30.3 Å². The van der Waals surface area contributed by atoms with Crippen molar-refractivity contribution in [1.29, 1.82) is 0 Å². The molecule has 2 aliphatic heterocycles. The molecule has 14 heteroatoms. The second-order valence-electron chi connectivity index (χ2n) is 9.34. The lowest BCUT2D eigenvalue weighted by Gasteiger charge is -2.40. The molecule has 6 rings (SSSR count). The zero-order valence-electron chi connectivity index (χ0n) is 21.0. The van der Waals surface area contributed by atoms with Gasteiger partial charge in [-0.25, -0.2) is 32.0 Å². The number of imidazole rings is 1. The monoisotopic (exact) mass is 535 g/mol. The molecule has 0 aromatic carbocycles. The zero-order chi connectivity index (χ0) is 27.0. The number of likely N-dealkylation sites (tertiary alicyclic amines) is 1. The number of piperidine rings is 1. The molecule has 0 saturated carbocycles. The van der Waals surface area contributed by atoms with Gasteiger partial charge in [-0.2, -0.15) is 4.98 Å². The number of nitrogens with one attached hydrogen (secondary N) is 1. The number of fused-ring (bicyclic) bond motifs is 2. The molecule has 0 unspecified atom stereocenters. The highest BCUT2D eigenvalue weighted by atomic mass is 19.3. The Morgan fingerprint density at radius 2 is 2.00 bits per heavy atom. The largest absolute Gasteiger partial charge is 0.378 e. The summed E-state index contributed by atoms with van der Waals surface area (Å²) in [5.41, 5.74) is 7.08. The van der Waals surface area contributed by atoms with Crippen LogP contribution in [0.4, 0.5) is 29.3 Å². The van der Waals surface area contributed by atoms with Gasteiger partial charge in [0.15, 0.2) is 17.3 Å². The van der Waals surface area contributed by atoms with Crippen LogP contribution in [0.5, 0.6) is 0 Å². The lowest BCUT2D eigenvalue weighted by atomic mass is 10.1. The molecule has 10 nitrogen and oxygen atoms in total. The molecule has 0 aliphatic carbocycles. The predicted molar refractivity (Wildman–Crippen MR) is 134 cm³/mol. The molecular weight excluding hydrogens is 506 g/mol. The first-order valence-corrected chi connectivity index (χ1v) is 12.4. The summed E-state index contributed by atoms with van der Waals surface area (Å²) in [6.45, 7) is 4.40. The van der Waals surface area contributed by atoms with Gasteiger partial charge in [0, 0.05) is 13.6 Å². The zero-order valence-corrected chi connectivity index (χ0v) is 21.0. The van der Waals surface area contributed by atoms with Crippen LogP contribution in [0.3, 0.4) is 0 Å². The van der Waals surface area contributed by atoms with Crippen molar-refractivity contribution in [2.45, 2.75) is 44.9 Å². The second-order valence-corrected chi connectivity index (χ2v) is 9.34. The highest BCUT2D eigenvalue weighted by molar-refractivity contribution is 5.89. The van der Waals surface area contributed by atoms with Crippen molar-refractivity contribution in [3.63, 3.8) is 0 Å². The fourth-order valence-electron chi connectivity index (χ4n) is 4.82. The molecule has 0 amide bonds. The number of anilines is 2. The Labute approximate surface area is 215 Å². The third-order valence-corrected chi connectivity index (χ3v) is 6.73. The van der Waals surface area contributed by atoms with Crippen LogP contribution in [0.1, 0.15) is 18.7 Å². The molecule has 4 aromatic heterocycles. The first-order chi connectivity index (χ1) is 18.2. The van der Waals surface area contributed by atoms with Crippen molar-refractivity contribution in [3.8, 4) is 11.3 Å². The van der Waals surface area contributed by atoms with Crippen molar-refractivity contribution in [3.05, 3.63) is 30.0 Å². The van der Waals surface area contributed by atoms with Crippen LogP contribution in [0, 0.1) is 12.7 Å². The van der Waals surface area contributed by atoms with Crippen LogP contribution < -0.4 is 11.1 Å². The minimum atomic E-state index is -2.56. The summed E-state index contributed by atoms with van der Waals surface area (Å²) < 4.78 is 61.1. The van der Waals surface area contributed by atoms with Crippen molar-refractivity contribution in [2.75, 3.05) is 44.4 Å². The van der Waals surface area contributed by atoms with Gasteiger partial charge in [0.25, 0.3) is 6.43 Å². The molecule has 0 radical (unpaired) electrons. The Bertz CT molecular complexity index is 1440. The maximum atomic E-state index is 14.7. The van der Waals surface area contributed by atoms with E-state index in [1.807, 2.05) is 0 Å². The molecule has 0 spiro atoms. The Balaban J connectivity index is 0.000000222. The molecular formula is C24H29F4N9O. The maximum absolute atomic E-state index is 14.7. The van der Waals surface area contributed by atoms with E-state index in [4.69, 9.17) is 10.5 Å². The number of alkyl halides is 3. The number of nitrogens with zero attached hydrogens (tertiary/aromatic N) is 7. The van der Waals surface area contributed by atoms with Gasteiger partial charge in [0.2, 0.25) is 5.95 Å². The first-order valence-electron chi connectivity index (χ1n) is 12.4. The average molecular weight is 536 g/mol. The van der Waals surface area contributed by atoms with Crippen LogP contribution in [-0.2, 0) is 11.3 Å². The van der Waals surface area contributed by atoms with E-state index >= 15 is 0 Å². The minimum absolute atomic E-state index is 0.0255. The smallest absolute Gasteiger partial charge is 0.256 e. The summed E-state index contributed by atoms with van der Waals surface area (Å²) in [6, 6.07) is 3.72. The predicted octanol–water partition coefficient (Wildman–Crippen LogP) is 3.30. The number of hydrogen-bond acceptors (Lipinski definition) is 8. The summed E-state index contributed by atoms with van der Waals surface area (Å²) in [5.74, 6) is 0.113. The van der Waals surface area contributed by atoms with Crippen LogP contribution in [0.25, 0.3) is 27.9 Å². The van der Waals surface area contributed by atoms with Gasteiger partial charge >= 0.3 is 0 Å². The van der Waals surface area contributed by atoms with E-state index in [0.717, 1.165) is 38.8 Å². The second kappa shape index (κ2) is 10.7. The fourth-order valence-corrected chi connectivity index (χ4v) is 4.82. The number of pyridine rings is 1. The molecule has 6 heterocycles. The molecule has 3 N–H and O–H groups in total. The van der Waals surface area contributed by atoms with Crippen LogP contribution >= 0.6 is 0 Å². The summed E-state index contributed by atoms with van der Waals surface area (Å²) >= 11 is 0. The lowest BCUT2D eigenvalue weighted by molar-refractivity contribution is -0.0780. The summed E-state index contributed by atoms with van der Waals surface area (Å²) in [7, 11) is 1.62. The number of nitrogens with two attached hydrogens (primary N) is 1. The van der Waals surface area contributed by atoms with Crippen LogP contribution in [0.2, 0.25) is 0 Å². The van der Waals surface area contributed by atoms with Gasteiger partial charge < -0.3 is 20.4 Å². The van der Waals surface area contributed by atoms with Gasteiger partial charge in [-0.3, -0.25) is 4.90 Å². The SMILES string of the molecule is CNc1nc(N)nn2cc(F)c(-c3ccc4nc(C)n(CC(F)F)c4n3)c12.F[C@@H]1CCCN(C2COC2)C1. The van der Waals surface area contributed by atoms with E-state index in [0.29, 0.717) is 35.3 Å². The first kappa shape index (κ1) is 26.1. The molecule has 204 valence electrons. The van der Waals surface area contributed by atoms with Crippen molar-refractivity contribution in [1.82, 2.24) is 34.0 Å². The molecule has 2 aliphatic rings. The van der Waals surface area contributed by atoms with Crippen molar-refractivity contribution >= 4 is 28.4 Å². The van der Waals surface area contributed by atoms with E-state index < -0.39 is 25.0 Å². The number of ether oxygens (including phenoxy) is 1. The third kappa shape index (κ3) is 5.10. The Kier molecular flexibility index (Phi) is 7.34. The topological polar surface area (TPSA) is 111 Å². The number of rotatable bonds is 5. The van der Waals surface area contributed by atoms with E-state index in [9.17, 15) is 17.6 Å². The molecule has 2 fully saturated rings. The number of hydrogen-bond donors (Lipinski definition) is 2. The highest BCUT2D eigenvalue weighted by Crippen LogP contribution is 2.32. The van der Waals surface area contributed by atoms with Crippen molar-refractivity contribution < 1.29 is 22.3 Å². The number of aromatic nitrogens is 6. The molecule has 4 aromatic rings. The number of halogens is 4. The summed E-state index contributed by atoms with van der Waals surface area (Å²) in [5, 5.41) is 6.82. The number of aryl methyl sites for hydroxylation is 1. The van der Waals surface area contributed by atoms with Crippen LogP contribution in [0.15, 0.2) is 18.3 Å². The van der Waals surface area contributed by atoms with Gasteiger partial charge in [-0.05, 0) is 38.4 Å². The maximum Gasteiger partial charge on any atom is 0.256 e.